The highest BCUT2D eigenvalue weighted by molar-refractivity contribution is 5.55. The lowest BCUT2D eigenvalue weighted by Gasteiger charge is -2.29. The predicted octanol–water partition coefficient (Wildman–Crippen LogP) is 5.03. The van der Waals surface area contributed by atoms with Crippen LogP contribution in [0.15, 0.2) is 66.7 Å². The lowest BCUT2D eigenvalue weighted by atomic mass is 10.1. The molecule has 5 heteroatoms. The maximum atomic E-state index is 6.02. The van der Waals surface area contributed by atoms with Crippen LogP contribution < -0.4 is 19.7 Å². The van der Waals surface area contributed by atoms with Gasteiger partial charge >= 0.3 is 0 Å². The summed E-state index contributed by atoms with van der Waals surface area (Å²) >= 11 is 0. The first kappa shape index (κ1) is 21.1. The molecule has 1 aliphatic rings. The zero-order valence-electron chi connectivity index (χ0n) is 18.3. The van der Waals surface area contributed by atoms with E-state index in [1.165, 1.54) is 16.8 Å². The van der Waals surface area contributed by atoms with Crippen LogP contribution in [0.5, 0.6) is 11.5 Å². The number of morpholine rings is 1. The van der Waals surface area contributed by atoms with E-state index in [1.54, 1.807) is 7.11 Å². The van der Waals surface area contributed by atoms with E-state index in [0.29, 0.717) is 13.2 Å². The molecule has 162 valence electrons. The molecule has 0 spiro atoms. The Hall–Kier alpha value is -3.18. The van der Waals surface area contributed by atoms with Crippen molar-refractivity contribution < 1.29 is 14.2 Å². The standard InChI is InChI=1S/C26H30N2O3/c1-20-5-3-4-6-22(20)19-31-25-12-7-21(17-26(25)29-2)18-27-23-8-10-24(11-9-23)28-13-15-30-16-14-28/h3-12,17,27H,13-16,18-19H2,1-2H3. The number of hydrogen-bond acceptors (Lipinski definition) is 5. The van der Waals surface area contributed by atoms with E-state index < -0.39 is 0 Å². The topological polar surface area (TPSA) is 43.0 Å². The highest BCUT2D eigenvalue weighted by Gasteiger charge is 2.11. The van der Waals surface area contributed by atoms with Crippen molar-refractivity contribution >= 4 is 11.4 Å². The van der Waals surface area contributed by atoms with Crippen LogP contribution in [0.25, 0.3) is 0 Å². The molecule has 1 aliphatic heterocycles. The van der Waals surface area contributed by atoms with E-state index in [4.69, 9.17) is 14.2 Å². The Bertz CT molecular complexity index is 982. The first-order valence-corrected chi connectivity index (χ1v) is 10.7. The Labute approximate surface area is 184 Å². The Morgan fingerprint density at radius 2 is 1.71 bits per heavy atom. The maximum Gasteiger partial charge on any atom is 0.161 e. The second kappa shape index (κ2) is 10.2. The molecule has 31 heavy (non-hydrogen) atoms. The molecule has 4 rings (SSSR count). The molecule has 0 atom stereocenters. The molecular weight excluding hydrogens is 388 g/mol. The lowest BCUT2D eigenvalue weighted by molar-refractivity contribution is 0.122. The van der Waals surface area contributed by atoms with Crippen LogP contribution in [0.2, 0.25) is 0 Å². The third-order valence-electron chi connectivity index (χ3n) is 5.61. The van der Waals surface area contributed by atoms with Gasteiger partial charge in [-0.25, -0.2) is 0 Å². The Kier molecular flexibility index (Phi) is 6.95. The van der Waals surface area contributed by atoms with E-state index in [-0.39, 0.29) is 0 Å². The normalized spacial score (nSPS) is 13.7. The number of aryl methyl sites for hydroxylation is 1. The zero-order valence-corrected chi connectivity index (χ0v) is 18.3. The lowest BCUT2D eigenvalue weighted by Crippen LogP contribution is -2.36. The summed E-state index contributed by atoms with van der Waals surface area (Å²) in [6.07, 6.45) is 0. The van der Waals surface area contributed by atoms with E-state index in [9.17, 15) is 0 Å². The number of hydrogen-bond donors (Lipinski definition) is 1. The molecule has 0 unspecified atom stereocenters. The maximum absolute atomic E-state index is 6.02. The van der Waals surface area contributed by atoms with Gasteiger partial charge in [-0.3, -0.25) is 0 Å². The Morgan fingerprint density at radius 3 is 2.45 bits per heavy atom. The fourth-order valence-corrected chi connectivity index (χ4v) is 3.68. The molecule has 0 saturated carbocycles. The van der Waals surface area contributed by atoms with Crippen LogP contribution in [0.1, 0.15) is 16.7 Å². The molecule has 0 bridgehead atoms. The van der Waals surface area contributed by atoms with Gasteiger partial charge < -0.3 is 24.4 Å². The minimum atomic E-state index is 0.524. The van der Waals surface area contributed by atoms with Crippen LogP contribution in [0.4, 0.5) is 11.4 Å². The largest absolute Gasteiger partial charge is 0.493 e. The molecule has 5 nitrogen and oxygen atoms in total. The van der Waals surface area contributed by atoms with Crippen LogP contribution in [0, 0.1) is 6.92 Å². The van der Waals surface area contributed by atoms with Gasteiger partial charge in [-0.2, -0.15) is 0 Å². The smallest absolute Gasteiger partial charge is 0.161 e. The van der Waals surface area contributed by atoms with E-state index >= 15 is 0 Å². The fourth-order valence-electron chi connectivity index (χ4n) is 3.68. The number of anilines is 2. The van der Waals surface area contributed by atoms with Crippen molar-refractivity contribution in [1.29, 1.82) is 0 Å². The molecule has 1 N–H and O–H groups in total. The molecule has 1 heterocycles. The molecule has 0 aromatic heterocycles. The highest BCUT2D eigenvalue weighted by atomic mass is 16.5. The predicted molar refractivity (Wildman–Crippen MR) is 125 cm³/mol. The summed E-state index contributed by atoms with van der Waals surface area (Å²) in [5.41, 5.74) is 5.87. The monoisotopic (exact) mass is 418 g/mol. The number of methoxy groups -OCH3 is 1. The van der Waals surface area contributed by atoms with Gasteiger partial charge in [-0.05, 0) is 60.0 Å². The van der Waals surface area contributed by atoms with E-state index in [2.05, 4.69) is 59.6 Å². The third kappa shape index (κ3) is 5.50. The molecular formula is C26H30N2O3. The SMILES string of the molecule is COc1cc(CNc2ccc(N3CCOCC3)cc2)ccc1OCc1ccccc1C. The summed E-state index contributed by atoms with van der Waals surface area (Å²) in [5, 5.41) is 3.49. The summed E-state index contributed by atoms with van der Waals surface area (Å²) in [4.78, 5) is 2.35. The average Bonchev–Trinajstić information content (AvgIpc) is 2.83. The number of rotatable bonds is 8. The van der Waals surface area contributed by atoms with Crippen molar-refractivity contribution in [3.05, 3.63) is 83.4 Å². The number of benzene rings is 3. The molecule has 3 aromatic rings. The zero-order chi connectivity index (χ0) is 21.5. The number of nitrogens with zero attached hydrogens (tertiary/aromatic N) is 1. The quantitative estimate of drug-likeness (QED) is 0.556. The molecule has 0 aliphatic carbocycles. The van der Waals surface area contributed by atoms with Crippen LogP contribution >= 0.6 is 0 Å². The summed E-state index contributed by atoms with van der Waals surface area (Å²) in [7, 11) is 1.68. The third-order valence-corrected chi connectivity index (χ3v) is 5.61. The van der Waals surface area contributed by atoms with Crippen molar-refractivity contribution in [3.8, 4) is 11.5 Å². The minimum absolute atomic E-state index is 0.524. The average molecular weight is 419 g/mol. The van der Waals surface area contributed by atoms with Crippen molar-refractivity contribution in [2.45, 2.75) is 20.1 Å². The molecule has 3 aromatic carbocycles. The Balaban J connectivity index is 1.35. The number of nitrogens with one attached hydrogen (secondary N) is 1. The van der Waals surface area contributed by atoms with Crippen LogP contribution in [0.3, 0.4) is 0 Å². The van der Waals surface area contributed by atoms with Gasteiger partial charge in [0.25, 0.3) is 0 Å². The fraction of sp³-hybridized carbons (Fsp3) is 0.308. The van der Waals surface area contributed by atoms with Crippen LogP contribution in [-0.2, 0) is 17.9 Å². The van der Waals surface area contributed by atoms with Gasteiger partial charge in [0.1, 0.15) is 6.61 Å². The molecule has 0 amide bonds. The second-order valence-electron chi connectivity index (χ2n) is 7.70. The van der Waals surface area contributed by atoms with Gasteiger partial charge in [0.15, 0.2) is 11.5 Å². The van der Waals surface area contributed by atoms with Crippen molar-refractivity contribution in [3.63, 3.8) is 0 Å². The minimum Gasteiger partial charge on any atom is -0.493 e. The van der Waals surface area contributed by atoms with Crippen molar-refractivity contribution in [2.24, 2.45) is 0 Å². The van der Waals surface area contributed by atoms with Crippen molar-refractivity contribution in [1.82, 2.24) is 0 Å². The van der Waals surface area contributed by atoms with Crippen molar-refractivity contribution in [2.75, 3.05) is 43.6 Å². The summed E-state index contributed by atoms with van der Waals surface area (Å²) in [6.45, 7) is 6.83. The summed E-state index contributed by atoms with van der Waals surface area (Å²) in [6, 6.07) is 22.9. The van der Waals surface area contributed by atoms with Gasteiger partial charge in [-0.1, -0.05) is 30.3 Å². The summed E-state index contributed by atoms with van der Waals surface area (Å²) < 4.78 is 17.0. The second-order valence-corrected chi connectivity index (χ2v) is 7.70. The van der Waals surface area contributed by atoms with Crippen LogP contribution in [-0.4, -0.2) is 33.4 Å². The highest BCUT2D eigenvalue weighted by Crippen LogP contribution is 2.29. The molecule has 0 radical (unpaired) electrons. The first-order chi connectivity index (χ1) is 15.2. The molecule has 1 fully saturated rings. The van der Waals surface area contributed by atoms with Gasteiger partial charge in [0.05, 0.1) is 20.3 Å². The van der Waals surface area contributed by atoms with Gasteiger partial charge in [-0.15, -0.1) is 0 Å². The van der Waals surface area contributed by atoms with E-state index in [1.807, 2.05) is 24.3 Å². The van der Waals surface area contributed by atoms with E-state index in [0.717, 1.165) is 49.1 Å². The van der Waals surface area contributed by atoms with Gasteiger partial charge in [0, 0.05) is 31.0 Å². The number of ether oxygens (including phenoxy) is 3. The molecule has 1 saturated heterocycles. The summed E-state index contributed by atoms with van der Waals surface area (Å²) in [5.74, 6) is 1.50. The first-order valence-electron chi connectivity index (χ1n) is 10.7. The Morgan fingerprint density at radius 1 is 0.935 bits per heavy atom. The van der Waals surface area contributed by atoms with Gasteiger partial charge in [0.2, 0.25) is 0 Å².